The number of rotatable bonds is 3. The zero-order chi connectivity index (χ0) is 17.4. The van der Waals surface area contributed by atoms with Gasteiger partial charge < -0.3 is 5.32 Å². The average molecular weight is 374 g/mol. The summed E-state index contributed by atoms with van der Waals surface area (Å²) in [6.07, 6.45) is 0. The summed E-state index contributed by atoms with van der Waals surface area (Å²) in [4.78, 5) is 12.6. The molecule has 0 bridgehead atoms. The van der Waals surface area contributed by atoms with E-state index >= 15 is 0 Å². The minimum absolute atomic E-state index is 0.259. The number of aromatic nitrogens is 2. The molecule has 7 heteroatoms. The number of benzene rings is 2. The lowest BCUT2D eigenvalue weighted by atomic mass is 10.2. The number of carbonyl (C=O) groups is 1. The number of carbonyl (C=O) groups excluding carboxylic acids is 1. The van der Waals surface area contributed by atoms with Crippen molar-refractivity contribution in [2.45, 2.75) is 11.5 Å². The Morgan fingerprint density at radius 3 is 2.76 bits per heavy atom. The van der Waals surface area contributed by atoms with E-state index in [2.05, 4.69) is 10.4 Å². The molecule has 0 saturated heterocycles. The highest BCUT2D eigenvalue weighted by Crippen LogP contribution is 2.36. The molecule has 1 aromatic heterocycles. The third-order valence-corrected chi connectivity index (χ3v) is 5.15. The number of hydrogen-bond acceptors (Lipinski definition) is 3. The zero-order valence-corrected chi connectivity index (χ0v) is 14.6. The van der Waals surface area contributed by atoms with Crippen LogP contribution in [0, 0.1) is 5.82 Å². The van der Waals surface area contributed by atoms with Crippen LogP contribution >= 0.6 is 23.4 Å². The van der Waals surface area contributed by atoms with Gasteiger partial charge in [-0.15, -0.1) is 0 Å². The second-order valence-electron chi connectivity index (χ2n) is 5.62. The fourth-order valence-corrected chi connectivity index (χ4v) is 3.95. The molecule has 1 N–H and O–H groups in total. The van der Waals surface area contributed by atoms with Crippen LogP contribution in [-0.2, 0) is 11.5 Å². The molecule has 3 aromatic rings. The van der Waals surface area contributed by atoms with Crippen LogP contribution in [0.4, 0.5) is 10.2 Å². The van der Waals surface area contributed by atoms with Gasteiger partial charge in [-0.3, -0.25) is 4.79 Å². The number of nitrogens with one attached hydrogen (secondary N) is 1. The highest BCUT2D eigenvalue weighted by molar-refractivity contribution is 7.98. The predicted molar refractivity (Wildman–Crippen MR) is 97.9 cm³/mol. The third kappa shape index (κ3) is 3.15. The maximum Gasteiger partial charge on any atom is 0.256 e. The summed E-state index contributed by atoms with van der Waals surface area (Å²) in [5.41, 5.74) is 3.11. The van der Waals surface area contributed by atoms with Gasteiger partial charge in [0, 0.05) is 27.7 Å². The normalized spacial score (nSPS) is 12.9. The van der Waals surface area contributed by atoms with Crippen molar-refractivity contribution in [3.8, 4) is 5.69 Å². The summed E-state index contributed by atoms with van der Waals surface area (Å²) in [7, 11) is 0. The van der Waals surface area contributed by atoms with Crippen molar-refractivity contribution in [2.75, 3.05) is 5.32 Å². The quantitative estimate of drug-likeness (QED) is 0.726. The maximum absolute atomic E-state index is 13.2. The van der Waals surface area contributed by atoms with Gasteiger partial charge in [0.15, 0.2) is 0 Å². The Hall–Kier alpha value is -2.31. The van der Waals surface area contributed by atoms with Crippen molar-refractivity contribution in [1.82, 2.24) is 9.78 Å². The van der Waals surface area contributed by atoms with Gasteiger partial charge in [-0.05, 0) is 42.5 Å². The number of fused-ring (bicyclic) bond motifs is 1. The smallest absolute Gasteiger partial charge is 0.256 e. The first kappa shape index (κ1) is 16.2. The zero-order valence-electron chi connectivity index (χ0n) is 13.0. The summed E-state index contributed by atoms with van der Waals surface area (Å²) in [5, 5.41) is 8.03. The van der Waals surface area contributed by atoms with E-state index in [0.717, 1.165) is 22.8 Å². The first-order valence-corrected chi connectivity index (χ1v) is 9.16. The monoisotopic (exact) mass is 373 g/mol. The summed E-state index contributed by atoms with van der Waals surface area (Å²) in [5.74, 6) is 1.62. The van der Waals surface area contributed by atoms with Gasteiger partial charge in [0.1, 0.15) is 11.6 Å². The van der Waals surface area contributed by atoms with E-state index in [1.807, 2.05) is 0 Å². The Balaban J connectivity index is 1.73. The molecule has 2 aromatic carbocycles. The van der Waals surface area contributed by atoms with Crippen LogP contribution in [0.2, 0.25) is 5.02 Å². The van der Waals surface area contributed by atoms with Crippen molar-refractivity contribution in [3.63, 3.8) is 0 Å². The fraction of sp³-hybridized carbons (Fsp3) is 0.111. The molecule has 0 saturated carbocycles. The van der Waals surface area contributed by atoms with E-state index in [4.69, 9.17) is 11.6 Å². The molecule has 1 aliphatic heterocycles. The van der Waals surface area contributed by atoms with Crippen LogP contribution in [0.5, 0.6) is 0 Å². The van der Waals surface area contributed by atoms with Crippen LogP contribution in [-0.4, -0.2) is 15.7 Å². The molecule has 126 valence electrons. The van der Waals surface area contributed by atoms with Crippen LogP contribution in [0.25, 0.3) is 5.69 Å². The van der Waals surface area contributed by atoms with E-state index in [-0.39, 0.29) is 11.7 Å². The number of hydrogen-bond donors (Lipinski definition) is 1. The largest absolute Gasteiger partial charge is 0.306 e. The first-order chi connectivity index (χ1) is 12.1. The van der Waals surface area contributed by atoms with Crippen LogP contribution < -0.4 is 5.32 Å². The van der Waals surface area contributed by atoms with Gasteiger partial charge >= 0.3 is 0 Å². The standard InChI is InChI=1S/C18H13ClFN3OS/c19-12-3-1-2-11(8-12)18(24)21-17-15-9-25-10-16(15)22-23(17)14-6-4-13(20)5-7-14/h1-8H,9-10H2,(H,21,24). The molecule has 2 heterocycles. The fourth-order valence-electron chi connectivity index (χ4n) is 2.72. The van der Waals surface area contributed by atoms with E-state index in [1.165, 1.54) is 12.1 Å². The van der Waals surface area contributed by atoms with E-state index in [1.54, 1.807) is 52.8 Å². The summed E-state index contributed by atoms with van der Waals surface area (Å²) >= 11 is 7.72. The molecule has 1 amide bonds. The van der Waals surface area contributed by atoms with E-state index < -0.39 is 0 Å². The maximum atomic E-state index is 13.2. The number of nitrogens with zero attached hydrogens (tertiary/aromatic N) is 2. The first-order valence-electron chi connectivity index (χ1n) is 7.63. The van der Waals surface area contributed by atoms with Gasteiger partial charge in [0.05, 0.1) is 11.4 Å². The molecule has 0 fully saturated rings. The van der Waals surface area contributed by atoms with Gasteiger partial charge in [-0.25, -0.2) is 9.07 Å². The van der Waals surface area contributed by atoms with E-state index in [9.17, 15) is 9.18 Å². The lowest BCUT2D eigenvalue weighted by molar-refractivity contribution is 0.102. The van der Waals surface area contributed by atoms with Crippen molar-refractivity contribution < 1.29 is 9.18 Å². The highest BCUT2D eigenvalue weighted by Gasteiger charge is 2.25. The molecule has 25 heavy (non-hydrogen) atoms. The Bertz CT molecular complexity index is 955. The number of thioether (sulfide) groups is 1. The second kappa shape index (κ2) is 6.54. The van der Waals surface area contributed by atoms with Crippen molar-refractivity contribution in [1.29, 1.82) is 0 Å². The predicted octanol–water partition coefficient (Wildman–Crippen LogP) is 4.66. The minimum Gasteiger partial charge on any atom is -0.306 e. The molecule has 0 unspecified atom stereocenters. The van der Waals surface area contributed by atoms with E-state index in [0.29, 0.717) is 22.1 Å². The Morgan fingerprint density at radius 2 is 2.00 bits per heavy atom. The van der Waals surface area contributed by atoms with Crippen molar-refractivity contribution in [2.24, 2.45) is 0 Å². The van der Waals surface area contributed by atoms with Crippen LogP contribution in [0.15, 0.2) is 48.5 Å². The van der Waals surface area contributed by atoms with Gasteiger partial charge in [-0.1, -0.05) is 17.7 Å². The molecule has 1 aliphatic rings. The van der Waals surface area contributed by atoms with Crippen molar-refractivity contribution >= 4 is 35.1 Å². The van der Waals surface area contributed by atoms with Crippen LogP contribution in [0.1, 0.15) is 21.6 Å². The third-order valence-electron chi connectivity index (χ3n) is 3.94. The molecule has 4 nitrogen and oxygen atoms in total. The van der Waals surface area contributed by atoms with Crippen LogP contribution in [0.3, 0.4) is 0 Å². The van der Waals surface area contributed by atoms with Gasteiger partial charge in [0.2, 0.25) is 0 Å². The average Bonchev–Trinajstić information content (AvgIpc) is 3.18. The Morgan fingerprint density at radius 1 is 1.20 bits per heavy atom. The molecular weight excluding hydrogens is 361 g/mol. The molecule has 0 aliphatic carbocycles. The number of amides is 1. The second-order valence-corrected chi connectivity index (χ2v) is 7.04. The van der Waals surface area contributed by atoms with Gasteiger partial charge in [-0.2, -0.15) is 16.9 Å². The topological polar surface area (TPSA) is 46.9 Å². The molecule has 0 atom stereocenters. The molecule has 0 radical (unpaired) electrons. The van der Waals surface area contributed by atoms with Crippen molar-refractivity contribution in [3.05, 3.63) is 76.2 Å². The summed E-state index contributed by atoms with van der Waals surface area (Å²) < 4.78 is 14.9. The lowest BCUT2D eigenvalue weighted by Gasteiger charge is -2.11. The summed E-state index contributed by atoms with van der Waals surface area (Å²) in [6, 6.07) is 12.8. The number of halogens is 2. The number of anilines is 1. The summed E-state index contributed by atoms with van der Waals surface area (Å²) in [6.45, 7) is 0. The molecule has 4 rings (SSSR count). The molecular formula is C18H13ClFN3OS. The highest BCUT2D eigenvalue weighted by atomic mass is 35.5. The Kier molecular flexibility index (Phi) is 4.23. The minimum atomic E-state index is -0.316. The van der Waals surface area contributed by atoms with Gasteiger partial charge in [0.25, 0.3) is 5.91 Å². The molecule has 0 spiro atoms. The SMILES string of the molecule is O=C(Nc1c2c(nn1-c1ccc(F)cc1)CSC2)c1cccc(Cl)c1. The Labute approximate surface area is 153 Å². The lowest BCUT2D eigenvalue weighted by Crippen LogP contribution is -2.16.